The summed E-state index contributed by atoms with van der Waals surface area (Å²) in [6, 6.07) is 7.80. The summed E-state index contributed by atoms with van der Waals surface area (Å²) >= 11 is 7.42. The van der Waals surface area contributed by atoms with Crippen molar-refractivity contribution in [3.05, 3.63) is 28.7 Å². The zero-order chi connectivity index (χ0) is 12.7. The van der Waals surface area contributed by atoms with E-state index in [0.29, 0.717) is 0 Å². The Morgan fingerprint density at radius 1 is 1.18 bits per heavy atom. The summed E-state index contributed by atoms with van der Waals surface area (Å²) < 4.78 is 1.09. The van der Waals surface area contributed by atoms with Crippen molar-refractivity contribution in [1.82, 2.24) is 4.90 Å². The molecule has 1 aromatic rings. The summed E-state index contributed by atoms with van der Waals surface area (Å²) in [6.45, 7) is 1.46. The van der Waals surface area contributed by atoms with Crippen molar-refractivity contribution in [3.8, 4) is 0 Å². The van der Waals surface area contributed by atoms with E-state index in [1.165, 1.54) is 11.3 Å². The standard InChI is InChI=1S/C6H5BrS.C6H11NO2/c7-5-1-3-6(8)4-2-5;8-6(9)7-4-2-1-3-5-7/h1-4,8H;1-5H2,(H,8,9). The molecule has 1 heterocycles. The van der Waals surface area contributed by atoms with Crippen LogP contribution in [0.15, 0.2) is 33.6 Å². The lowest BCUT2D eigenvalue weighted by Crippen LogP contribution is -2.34. The maximum atomic E-state index is 10.3. The normalized spacial score (nSPS) is 14.8. The maximum Gasteiger partial charge on any atom is 0.407 e. The predicted octanol–water partition coefficient (Wildman–Crippen LogP) is 3.89. The fourth-order valence-corrected chi connectivity index (χ4v) is 1.94. The third kappa shape index (κ3) is 5.98. The fourth-order valence-electron chi connectivity index (χ4n) is 1.53. The number of hydrogen-bond donors (Lipinski definition) is 2. The van der Waals surface area contributed by atoms with Gasteiger partial charge in [-0.05, 0) is 43.5 Å². The van der Waals surface area contributed by atoms with Crippen molar-refractivity contribution in [3.63, 3.8) is 0 Å². The Hall–Kier alpha value is -0.680. The number of nitrogens with zero attached hydrogens (tertiary/aromatic N) is 1. The van der Waals surface area contributed by atoms with Gasteiger partial charge in [-0.3, -0.25) is 0 Å². The Bertz CT molecular complexity index is 329. The van der Waals surface area contributed by atoms with Gasteiger partial charge in [0.15, 0.2) is 0 Å². The van der Waals surface area contributed by atoms with E-state index in [0.717, 1.165) is 35.3 Å². The Kier molecular flexibility index (Phi) is 6.44. The summed E-state index contributed by atoms with van der Waals surface area (Å²) in [5.41, 5.74) is 0. The third-order valence-corrected chi connectivity index (χ3v) is 3.28. The average Bonchev–Trinajstić information content (AvgIpc) is 2.35. The van der Waals surface area contributed by atoms with Crippen LogP contribution in [0, 0.1) is 0 Å². The molecule has 0 radical (unpaired) electrons. The smallest absolute Gasteiger partial charge is 0.407 e. The molecule has 1 N–H and O–H groups in total. The van der Waals surface area contributed by atoms with Gasteiger partial charge in [0.2, 0.25) is 0 Å². The monoisotopic (exact) mass is 317 g/mol. The quantitative estimate of drug-likeness (QED) is 0.713. The molecule has 1 amide bonds. The van der Waals surface area contributed by atoms with Crippen LogP contribution < -0.4 is 0 Å². The molecule has 5 heteroatoms. The van der Waals surface area contributed by atoms with Crippen LogP contribution in [0.1, 0.15) is 19.3 Å². The lowest BCUT2D eigenvalue weighted by atomic mass is 10.1. The van der Waals surface area contributed by atoms with Crippen molar-refractivity contribution in [2.75, 3.05) is 13.1 Å². The van der Waals surface area contributed by atoms with E-state index in [-0.39, 0.29) is 0 Å². The van der Waals surface area contributed by atoms with Gasteiger partial charge in [0, 0.05) is 22.5 Å². The molecule has 0 saturated carbocycles. The molecule has 0 spiro atoms. The lowest BCUT2D eigenvalue weighted by molar-refractivity contribution is 0.136. The first-order valence-corrected chi connectivity index (χ1v) is 6.76. The number of carboxylic acid groups (broad SMARTS) is 1. The molecule has 0 aliphatic carbocycles. The van der Waals surface area contributed by atoms with Gasteiger partial charge in [-0.25, -0.2) is 4.79 Å². The molecule has 17 heavy (non-hydrogen) atoms. The van der Waals surface area contributed by atoms with Gasteiger partial charge in [0.25, 0.3) is 0 Å². The Balaban J connectivity index is 0.000000171. The van der Waals surface area contributed by atoms with Gasteiger partial charge in [0.1, 0.15) is 0 Å². The minimum absolute atomic E-state index is 0.731. The molecule has 1 aliphatic rings. The van der Waals surface area contributed by atoms with E-state index < -0.39 is 6.09 Å². The van der Waals surface area contributed by atoms with Crippen LogP contribution >= 0.6 is 28.6 Å². The van der Waals surface area contributed by atoms with Crippen LogP contribution in [0.2, 0.25) is 0 Å². The molecule has 1 aliphatic heterocycles. The van der Waals surface area contributed by atoms with Crippen molar-refractivity contribution < 1.29 is 9.90 Å². The summed E-state index contributed by atoms with van der Waals surface area (Å²) in [5.74, 6) is 0. The van der Waals surface area contributed by atoms with Crippen molar-refractivity contribution in [2.45, 2.75) is 24.2 Å². The van der Waals surface area contributed by atoms with E-state index >= 15 is 0 Å². The highest BCUT2D eigenvalue weighted by atomic mass is 79.9. The SMILES string of the molecule is O=C(O)N1CCCCC1.Sc1ccc(Br)cc1. The molecule has 1 saturated heterocycles. The average molecular weight is 318 g/mol. The van der Waals surface area contributed by atoms with E-state index in [4.69, 9.17) is 5.11 Å². The van der Waals surface area contributed by atoms with Gasteiger partial charge in [-0.2, -0.15) is 0 Å². The second kappa shape index (κ2) is 7.61. The highest BCUT2D eigenvalue weighted by molar-refractivity contribution is 9.10. The summed E-state index contributed by atoms with van der Waals surface area (Å²) in [7, 11) is 0. The second-order valence-corrected chi connectivity index (χ2v) is 5.24. The number of rotatable bonds is 0. The molecule has 3 nitrogen and oxygen atoms in total. The van der Waals surface area contributed by atoms with Crippen LogP contribution in [0.3, 0.4) is 0 Å². The van der Waals surface area contributed by atoms with E-state index in [1.54, 1.807) is 0 Å². The van der Waals surface area contributed by atoms with Crippen LogP contribution in [-0.2, 0) is 0 Å². The molecular formula is C12H16BrNO2S. The topological polar surface area (TPSA) is 40.5 Å². The second-order valence-electron chi connectivity index (χ2n) is 3.81. The van der Waals surface area contributed by atoms with Gasteiger partial charge < -0.3 is 10.0 Å². The summed E-state index contributed by atoms with van der Waals surface area (Å²) in [4.78, 5) is 12.7. The third-order valence-electron chi connectivity index (χ3n) is 2.45. The van der Waals surface area contributed by atoms with E-state index in [9.17, 15) is 4.79 Å². The minimum Gasteiger partial charge on any atom is -0.465 e. The fraction of sp³-hybridized carbons (Fsp3) is 0.417. The number of carbonyl (C=O) groups is 1. The lowest BCUT2D eigenvalue weighted by Gasteiger charge is -2.22. The van der Waals surface area contributed by atoms with Crippen LogP contribution in [0.4, 0.5) is 4.79 Å². The number of hydrogen-bond acceptors (Lipinski definition) is 2. The predicted molar refractivity (Wildman–Crippen MR) is 74.8 cm³/mol. The first kappa shape index (κ1) is 14.4. The zero-order valence-corrected chi connectivity index (χ0v) is 12.0. The van der Waals surface area contributed by atoms with Gasteiger partial charge in [0.05, 0.1) is 0 Å². The van der Waals surface area contributed by atoms with Crippen molar-refractivity contribution in [2.24, 2.45) is 0 Å². The Morgan fingerprint density at radius 2 is 1.71 bits per heavy atom. The van der Waals surface area contributed by atoms with Crippen molar-refractivity contribution in [1.29, 1.82) is 0 Å². The largest absolute Gasteiger partial charge is 0.465 e. The molecular weight excluding hydrogens is 302 g/mol. The number of piperidine rings is 1. The Morgan fingerprint density at radius 3 is 2.06 bits per heavy atom. The van der Waals surface area contributed by atoms with E-state index in [1.807, 2.05) is 24.3 Å². The van der Waals surface area contributed by atoms with Crippen LogP contribution in [0.5, 0.6) is 0 Å². The first-order chi connectivity index (χ1) is 8.09. The molecule has 0 unspecified atom stereocenters. The summed E-state index contributed by atoms with van der Waals surface area (Å²) in [5, 5.41) is 8.46. The maximum absolute atomic E-state index is 10.3. The van der Waals surface area contributed by atoms with Gasteiger partial charge in [-0.1, -0.05) is 15.9 Å². The number of likely N-dealkylation sites (tertiary alicyclic amines) is 1. The summed E-state index contributed by atoms with van der Waals surface area (Å²) in [6.07, 6.45) is 2.48. The molecule has 1 aromatic carbocycles. The molecule has 94 valence electrons. The molecule has 1 fully saturated rings. The minimum atomic E-state index is -0.769. The number of thiol groups is 1. The van der Waals surface area contributed by atoms with E-state index in [2.05, 4.69) is 28.6 Å². The first-order valence-electron chi connectivity index (χ1n) is 5.52. The molecule has 0 aromatic heterocycles. The zero-order valence-electron chi connectivity index (χ0n) is 9.47. The Labute approximate surface area is 115 Å². The molecule has 2 rings (SSSR count). The van der Waals surface area contributed by atoms with Crippen LogP contribution in [0.25, 0.3) is 0 Å². The van der Waals surface area contributed by atoms with Crippen molar-refractivity contribution >= 4 is 34.7 Å². The number of benzene rings is 1. The van der Waals surface area contributed by atoms with Gasteiger partial charge in [-0.15, -0.1) is 12.6 Å². The van der Waals surface area contributed by atoms with Gasteiger partial charge >= 0.3 is 6.09 Å². The number of halogens is 1. The highest BCUT2D eigenvalue weighted by Crippen LogP contribution is 2.12. The molecule has 0 atom stereocenters. The van der Waals surface area contributed by atoms with Crippen LogP contribution in [-0.4, -0.2) is 29.2 Å². The number of amides is 1. The highest BCUT2D eigenvalue weighted by Gasteiger charge is 2.13. The molecule has 0 bridgehead atoms.